The molecule has 1 unspecified atom stereocenters. The molecule has 2 heterocycles. The molecule has 1 fully saturated rings. The fraction of sp³-hybridized carbons (Fsp3) is 0.714. The van der Waals surface area contributed by atoms with E-state index in [0.717, 1.165) is 26.1 Å². The zero-order chi connectivity index (χ0) is 15.4. The Labute approximate surface area is 123 Å². The highest BCUT2D eigenvalue weighted by Gasteiger charge is 2.16. The molecule has 0 amide bonds. The van der Waals surface area contributed by atoms with Crippen molar-refractivity contribution in [3.05, 3.63) is 20.8 Å². The summed E-state index contributed by atoms with van der Waals surface area (Å²) in [5.41, 5.74) is 5.35. The van der Waals surface area contributed by atoms with E-state index in [4.69, 9.17) is 10.5 Å². The van der Waals surface area contributed by atoms with Gasteiger partial charge in [0.2, 0.25) is 0 Å². The minimum absolute atomic E-state index is 0.208. The molecule has 1 aromatic rings. The molecule has 4 N–H and O–H groups in total. The molecule has 1 saturated heterocycles. The van der Waals surface area contributed by atoms with Crippen LogP contribution in [0.4, 0.5) is 11.5 Å². The summed E-state index contributed by atoms with van der Waals surface area (Å²) in [5, 5.41) is 3.06. The lowest BCUT2D eigenvalue weighted by molar-refractivity contribution is 0.185. The molecule has 0 bridgehead atoms. The molecular formula is C14H24N4O3. The van der Waals surface area contributed by atoms with Gasteiger partial charge in [0.15, 0.2) is 0 Å². The second-order valence-electron chi connectivity index (χ2n) is 5.97. The normalized spacial score (nSPS) is 18.3. The lowest BCUT2D eigenvalue weighted by Gasteiger charge is -2.16. The second-order valence-corrected chi connectivity index (χ2v) is 5.97. The number of hydrogen-bond acceptors (Lipinski definition) is 5. The number of hydrogen-bond donors (Lipinski definition) is 3. The molecule has 0 radical (unpaired) electrons. The first-order valence-electron chi connectivity index (χ1n) is 7.43. The number of H-pyrrole nitrogens is 1. The summed E-state index contributed by atoms with van der Waals surface area (Å²) in [6.07, 6.45) is 1.97. The van der Waals surface area contributed by atoms with E-state index in [0.29, 0.717) is 19.0 Å². The number of nitrogen functional groups attached to an aromatic ring is 1. The van der Waals surface area contributed by atoms with Gasteiger partial charge in [0.05, 0.1) is 0 Å². The first-order chi connectivity index (χ1) is 9.99. The quantitative estimate of drug-likeness (QED) is 0.714. The van der Waals surface area contributed by atoms with E-state index >= 15 is 0 Å². The maximum atomic E-state index is 11.9. The molecule has 1 aliphatic rings. The third kappa shape index (κ3) is 3.87. The van der Waals surface area contributed by atoms with E-state index in [1.165, 1.54) is 4.57 Å². The third-order valence-electron chi connectivity index (χ3n) is 3.67. The Morgan fingerprint density at radius 2 is 2.24 bits per heavy atom. The Balaban J connectivity index is 2.10. The average molecular weight is 296 g/mol. The Hall–Kier alpha value is -1.76. The van der Waals surface area contributed by atoms with Crippen LogP contribution in [0.1, 0.15) is 26.7 Å². The van der Waals surface area contributed by atoms with Crippen molar-refractivity contribution in [1.29, 1.82) is 0 Å². The van der Waals surface area contributed by atoms with E-state index < -0.39 is 11.2 Å². The van der Waals surface area contributed by atoms with Crippen molar-refractivity contribution in [2.75, 3.05) is 30.8 Å². The summed E-state index contributed by atoms with van der Waals surface area (Å²) < 4.78 is 6.73. The van der Waals surface area contributed by atoms with E-state index in [2.05, 4.69) is 10.3 Å². The van der Waals surface area contributed by atoms with Crippen molar-refractivity contribution in [3.8, 4) is 0 Å². The first kappa shape index (κ1) is 15.6. The Bertz CT molecular complexity index is 585. The second kappa shape index (κ2) is 6.80. The summed E-state index contributed by atoms with van der Waals surface area (Å²) in [6, 6.07) is 0. The van der Waals surface area contributed by atoms with Gasteiger partial charge in [-0.1, -0.05) is 13.8 Å². The minimum atomic E-state index is -0.458. The molecule has 0 spiro atoms. The van der Waals surface area contributed by atoms with Crippen molar-refractivity contribution in [3.63, 3.8) is 0 Å². The summed E-state index contributed by atoms with van der Waals surface area (Å²) in [6.45, 7) is 6.69. The van der Waals surface area contributed by atoms with E-state index in [1.807, 2.05) is 13.8 Å². The lowest BCUT2D eigenvalue weighted by Crippen LogP contribution is -2.35. The number of nitrogens with zero attached hydrogens (tertiary/aromatic N) is 1. The van der Waals surface area contributed by atoms with Gasteiger partial charge in [-0.15, -0.1) is 0 Å². The van der Waals surface area contributed by atoms with Crippen molar-refractivity contribution >= 4 is 11.5 Å². The first-order valence-corrected chi connectivity index (χ1v) is 7.43. The predicted molar refractivity (Wildman–Crippen MR) is 82.6 cm³/mol. The monoisotopic (exact) mass is 296 g/mol. The number of nitrogens with two attached hydrogens (primary N) is 1. The van der Waals surface area contributed by atoms with Crippen molar-refractivity contribution in [2.45, 2.75) is 33.2 Å². The van der Waals surface area contributed by atoms with Gasteiger partial charge in [-0.05, 0) is 24.7 Å². The number of aromatic nitrogens is 2. The number of aromatic amines is 1. The number of anilines is 2. The van der Waals surface area contributed by atoms with Crippen LogP contribution < -0.4 is 22.3 Å². The highest BCUT2D eigenvalue weighted by Crippen LogP contribution is 2.17. The van der Waals surface area contributed by atoms with Gasteiger partial charge in [0.25, 0.3) is 5.56 Å². The molecule has 7 nitrogen and oxygen atoms in total. The van der Waals surface area contributed by atoms with Crippen LogP contribution >= 0.6 is 0 Å². The van der Waals surface area contributed by atoms with Crippen molar-refractivity contribution in [1.82, 2.24) is 9.55 Å². The molecule has 1 atom stereocenters. The molecule has 0 saturated carbocycles. The fourth-order valence-electron chi connectivity index (χ4n) is 2.52. The van der Waals surface area contributed by atoms with E-state index in [1.54, 1.807) is 0 Å². The minimum Gasteiger partial charge on any atom is -0.383 e. The topological polar surface area (TPSA) is 102 Å². The number of rotatable bonds is 6. The summed E-state index contributed by atoms with van der Waals surface area (Å²) in [7, 11) is 0. The Kier molecular flexibility index (Phi) is 5.06. The van der Waals surface area contributed by atoms with Crippen LogP contribution in [-0.2, 0) is 11.3 Å². The highest BCUT2D eigenvalue weighted by molar-refractivity contribution is 5.60. The van der Waals surface area contributed by atoms with Crippen LogP contribution in [0.3, 0.4) is 0 Å². The van der Waals surface area contributed by atoms with Crippen LogP contribution in [0.25, 0.3) is 0 Å². The smallest absolute Gasteiger partial charge is 0.330 e. The molecule has 1 aromatic heterocycles. The molecule has 0 aromatic carbocycles. The maximum Gasteiger partial charge on any atom is 0.330 e. The molecule has 1 aliphatic heterocycles. The highest BCUT2D eigenvalue weighted by atomic mass is 16.5. The van der Waals surface area contributed by atoms with Crippen LogP contribution in [0.5, 0.6) is 0 Å². The van der Waals surface area contributed by atoms with Gasteiger partial charge in [0.1, 0.15) is 11.5 Å². The van der Waals surface area contributed by atoms with Crippen LogP contribution in [0, 0.1) is 11.8 Å². The molecule has 0 aliphatic carbocycles. The van der Waals surface area contributed by atoms with Crippen LogP contribution in [-0.4, -0.2) is 29.3 Å². The van der Waals surface area contributed by atoms with Crippen molar-refractivity contribution in [2.24, 2.45) is 11.8 Å². The number of ether oxygens (including phenoxy) is 1. The third-order valence-corrected chi connectivity index (χ3v) is 3.67. The Morgan fingerprint density at radius 1 is 1.48 bits per heavy atom. The zero-order valence-electron chi connectivity index (χ0n) is 12.6. The summed E-state index contributed by atoms with van der Waals surface area (Å²) >= 11 is 0. The predicted octanol–water partition coefficient (Wildman–Crippen LogP) is 0.613. The molecule has 21 heavy (non-hydrogen) atoms. The van der Waals surface area contributed by atoms with Gasteiger partial charge in [-0.25, -0.2) is 4.79 Å². The SMILES string of the molecule is CC(C)Cn1c(N)c(NCCC2CCOC2)c(=O)[nH]c1=O. The van der Waals surface area contributed by atoms with E-state index in [-0.39, 0.29) is 17.4 Å². The Morgan fingerprint density at radius 3 is 2.86 bits per heavy atom. The van der Waals surface area contributed by atoms with E-state index in [9.17, 15) is 9.59 Å². The van der Waals surface area contributed by atoms with Crippen molar-refractivity contribution < 1.29 is 4.74 Å². The standard InChI is InChI=1S/C14H24N4O3/c1-9(2)7-18-12(15)11(13(19)17-14(18)20)16-5-3-10-4-6-21-8-10/h9-10,16H,3-8,15H2,1-2H3,(H,17,19,20). The van der Waals surface area contributed by atoms with Gasteiger partial charge in [-0.2, -0.15) is 0 Å². The molecule has 118 valence electrons. The average Bonchev–Trinajstić information content (AvgIpc) is 2.91. The van der Waals surface area contributed by atoms with Gasteiger partial charge in [0, 0.05) is 26.3 Å². The van der Waals surface area contributed by atoms with Crippen LogP contribution in [0.2, 0.25) is 0 Å². The zero-order valence-corrected chi connectivity index (χ0v) is 12.6. The van der Waals surface area contributed by atoms with Gasteiger partial charge >= 0.3 is 5.69 Å². The van der Waals surface area contributed by atoms with Gasteiger partial charge < -0.3 is 15.8 Å². The largest absolute Gasteiger partial charge is 0.383 e. The summed E-state index contributed by atoms with van der Waals surface area (Å²) in [4.78, 5) is 26.0. The number of nitrogens with one attached hydrogen (secondary N) is 2. The van der Waals surface area contributed by atoms with Crippen LogP contribution in [0.15, 0.2) is 9.59 Å². The molecule has 7 heteroatoms. The summed E-state index contributed by atoms with van der Waals surface area (Å²) in [5.74, 6) is 0.999. The van der Waals surface area contributed by atoms with Gasteiger partial charge in [-0.3, -0.25) is 14.3 Å². The fourth-order valence-corrected chi connectivity index (χ4v) is 2.52. The lowest BCUT2D eigenvalue weighted by atomic mass is 10.1. The molecular weight excluding hydrogens is 272 g/mol. The molecule has 2 rings (SSSR count). The maximum absolute atomic E-state index is 11.9.